The van der Waals surface area contributed by atoms with Crippen LogP contribution in [0.4, 0.5) is 0 Å². The van der Waals surface area contributed by atoms with Gasteiger partial charge in [0, 0.05) is 33.2 Å². The van der Waals surface area contributed by atoms with E-state index in [9.17, 15) is 0 Å². The first-order valence-electron chi connectivity index (χ1n) is 22.8. The van der Waals surface area contributed by atoms with Crippen molar-refractivity contribution in [1.82, 2.24) is 9.38 Å². The van der Waals surface area contributed by atoms with E-state index in [1.165, 1.54) is 157 Å². The molecule has 4 atom stereocenters. The monoisotopic (exact) mass is 748 g/mol. The summed E-state index contributed by atoms with van der Waals surface area (Å²) in [6, 6.07) is 37.8. The first-order valence-corrected chi connectivity index (χ1v) is 22.8. The van der Waals surface area contributed by atoms with E-state index in [0.29, 0.717) is 23.7 Å². The fourth-order valence-corrected chi connectivity index (χ4v) is 15.6. The minimum Gasteiger partial charge on any atom is -0.306 e. The van der Waals surface area contributed by atoms with Gasteiger partial charge in [-0.25, -0.2) is 0 Å². The summed E-state index contributed by atoms with van der Waals surface area (Å²) in [5.41, 5.74) is 17.7. The smallest absolute Gasteiger partial charge is 0.0728 e. The van der Waals surface area contributed by atoms with E-state index in [1.807, 2.05) is 0 Å². The number of hydrogen-bond acceptors (Lipinski definition) is 1. The van der Waals surface area contributed by atoms with Gasteiger partial charge in [0.25, 0.3) is 0 Å². The summed E-state index contributed by atoms with van der Waals surface area (Å²) in [4.78, 5) is 5.65. The Labute approximate surface area is 339 Å². The maximum atomic E-state index is 5.65. The van der Waals surface area contributed by atoms with E-state index in [0.717, 1.165) is 23.7 Å². The van der Waals surface area contributed by atoms with Crippen LogP contribution in [-0.2, 0) is 0 Å². The molecule has 0 amide bonds. The van der Waals surface area contributed by atoms with Gasteiger partial charge >= 0.3 is 0 Å². The summed E-state index contributed by atoms with van der Waals surface area (Å²) in [7, 11) is 0. The lowest BCUT2D eigenvalue weighted by Gasteiger charge is -2.38. The maximum absolute atomic E-state index is 5.65. The number of nitrogens with zero attached hydrogens (tertiary/aromatic N) is 2. The third kappa shape index (κ3) is 3.98. The lowest BCUT2D eigenvalue weighted by molar-refractivity contribution is 0.165. The van der Waals surface area contributed by atoms with Crippen molar-refractivity contribution < 1.29 is 0 Å². The Hall–Kier alpha value is -5.21. The van der Waals surface area contributed by atoms with Crippen molar-refractivity contribution in [2.24, 2.45) is 23.7 Å². The predicted molar refractivity (Wildman–Crippen MR) is 241 cm³/mol. The van der Waals surface area contributed by atoms with Crippen LogP contribution in [0.5, 0.6) is 0 Å². The summed E-state index contributed by atoms with van der Waals surface area (Å²) < 4.78 is 2.77. The summed E-state index contributed by atoms with van der Waals surface area (Å²) >= 11 is 0. The number of fused-ring (bicyclic) bond motifs is 8. The maximum Gasteiger partial charge on any atom is 0.0728 e. The van der Waals surface area contributed by atoms with Gasteiger partial charge in [-0.3, -0.25) is 4.98 Å². The number of hydrogen-bond donors (Lipinski definition) is 0. The van der Waals surface area contributed by atoms with Gasteiger partial charge in [0.15, 0.2) is 0 Å². The molecule has 4 saturated carbocycles. The van der Waals surface area contributed by atoms with Crippen LogP contribution in [0.1, 0.15) is 116 Å². The van der Waals surface area contributed by atoms with Crippen molar-refractivity contribution in [1.29, 1.82) is 0 Å². The van der Waals surface area contributed by atoms with Crippen LogP contribution >= 0.6 is 0 Å². The highest BCUT2D eigenvalue weighted by Crippen LogP contribution is 2.61. The van der Waals surface area contributed by atoms with E-state index in [-0.39, 0.29) is 0 Å². The van der Waals surface area contributed by atoms with Gasteiger partial charge in [0.1, 0.15) is 0 Å². The molecule has 0 aliphatic heterocycles. The number of rotatable bonds is 2. The second-order valence-electron chi connectivity index (χ2n) is 20.3. The quantitative estimate of drug-likeness (QED) is 0.172. The second kappa shape index (κ2) is 11.1. The normalized spacial score (nSPS) is 28.1. The molecule has 0 spiro atoms. The molecule has 282 valence electrons. The molecule has 3 aromatic heterocycles. The Bertz CT molecular complexity index is 3220. The molecule has 8 aliphatic carbocycles. The molecule has 17 rings (SSSR count). The van der Waals surface area contributed by atoms with Gasteiger partial charge in [-0.2, -0.15) is 0 Å². The van der Waals surface area contributed by atoms with Gasteiger partial charge in [-0.15, -0.1) is 0 Å². The highest BCUT2D eigenvalue weighted by atomic mass is 14.9. The van der Waals surface area contributed by atoms with Crippen molar-refractivity contribution in [3.05, 3.63) is 131 Å². The molecule has 2 heteroatoms. The van der Waals surface area contributed by atoms with Gasteiger partial charge in [0.05, 0.1) is 22.7 Å². The van der Waals surface area contributed by atoms with E-state index in [1.54, 1.807) is 16.7 Å². The number of benzene rings is 6. The average molecular weight is 749 g/mol. The van der Waals surface area contributed by atoms with Crippen molar-refractivity contribution in [2.45, 2.75) is 94.8 Å². The standard InChI is InChI=1S/C56H48N2/c1-29-49(42-14-6-10-34-8-2-4-12-40(34)42)52-46-26-44-36-18-30-16-31(19-36)21-37(20-30)45(44)27-47(46)58-48-28-57-55-39-24-32-17-33(25-39)23-38(22-32)51(55)53(48)54(56(52)58)50(29)43-15-7-11-35-9-3-5-13-41(35)43/h2-15,26-28,30-33,36-39H,16-25H2,1H3. The molecular weight excluding hydrogens is 701 g/mol. The van der Waals surface area contributed by atoms with Crippen LogP contribution in [0.2, 0.25) is 0 Å². The van der Waals surface area contributed by atoms with E-state index in [2.05, 4.69) is 115 Å². The van der Waals surface area contributed by atoms with E-state index in [4.69, 9.17) is 4.98 Å². The van der Waals surface area contributed by atoms with Crippen LogP contribution in [-0.4, -0.2) is 9.38 Å². The Morgan fingerprint density at radius 1 is 0.483 bits per heavy atom. The Balaban J connectivity index is 1.19. The van der Waals surface area contributed by atoms with Crippen molar-refractivity contribution in [3.8, 4) is 22.3 Å². The molecule has 58 heavy (non-hydrogen) atoms. The lowest BCUT2D eigenvalue weighted by Crippen LogP contribution is -2.25. The summed E-state index contributed by atoms with van der Waals surface area (Å²) in [5.74, 6) is 6.09. The molecule has 6 aromatic carbocycles. The Morgan fingerprint density at radius 2 is 1.02 bits per heavy atom. The molecule has 2 nitrogen and oxygen atoms in total. The SMILES string of the molecule is Cc1c(-c2cccc3ccccc23)c2c3cc4c(cc3n3c5cnc6c(c5c(c1-c1cccc5ccccc15)c23)C1CC2CC(CC6C2)C1)C1CC2CC(CC4C2)C1. The van der Waals surface area contributed by atoms with Crippen LogP contribution in [0, 0.1) is 30.6 Å². The molecule has 8 aliphatic rings. The fraction of sp³-hybridized carbons (Fsp3) is 0.339. The second-order valence-corrected chi connectivity index (χ2v) is 20.3. The van der Waals surface area contributed by atoms with E-state index < -0.39 is 0 Å². The zero-order valence-corrected chi connectivity index (χ0v) is 33.4. The molecular formula is C56H48N2. The van der Waals surface area contributed by atoms with Crippen LogP contribution in [0.3, 0.4) is 0 Å². The molecule has 0 saturated heterocycles. The van der Waals surface area contributed by atoms with Gasteiger partial charge < -0.3 is 4.40 Å². The van der Waals surface area contributed by atoms with Gasteiger partial charge in [0.2, 0.25) is 0 Å². The van der Waals surface area contributed by atoms with Crippen LogP contribution in [0.25, 0.3) is 81.9 Å². The topological polar surface area (TPSA) is 17.3 Å². The molecule has 8 bridgehead atoms. The average Bonchev–Trinajstić information content (AvgIpc) is 3.62. The number of pyridine rings is 1. The Morgan fingerprint density at radius 3 is 1.66 bits per heavy atom. The zero-order valence-electron chi connectivity index (χ0n) is 33.4. The van der Waals surface area contributed by atoms with Crippen LogP contribution < -0.4 is 0 Å². The third-order valence-corrected chi connectivity index (χ3v) is 17.3. The Kier molecular flexibility index (Phi) is 6.07. The third-order valence-electron chi connectivity index (χ3n) is 17.3. The highest BCUT2D eigenvalue weighted by molar-refractivity contribution is 6.33. The number of aromatic nitrogens is 2. The lowest BCUT2D eigenvalue weighted by atomic mass is 9.67. The highest BCUT2D eigenvalue weighted by Gasteiger charge is 2.46. The first kappa shape index (κ1) is 31.7. The molecule has 9 aromatic rings. The molecule has 0 N–H and O–H groups in total. The first-order chi connectivity index (χ1) is 28.6. The van der Waals surface area contributed by atoms with E-state index >= 15 is 0 Å². The summed E-state index contributed by atoms with van der Waals surface area (Å²) in [6.07, 6.45) is 16.2. The summed E-state index contributed by atoms with van der Waals surface area (Å²) in [6.45, 7) is 2.49. The predicted octanol–water partition coefficient (Wildman–Crippen LogP) is 15.0. The molecule has 0 radical (unpaired) electrons. The van der Waals surface area contributed by atoms with Crippen molar-refractivity contribution >= 4 is 59.6 Å². The largest absolute Gasteiger partial charge is 0.306 e. The minimum atomic E-state index is 0.597. The molecule has 4 unspecified atom stereocenters. The zero-order chi connectivity index (χ0) is 37.5. The van der Waals surface area contributed by atoms with Crippen molar-refractivity contribution in [2.75, 3.05) is 0 Å². The van der Waals surface area contributed by atoms with Crippen LogP contribution in [0.15, 0.2) is 103 Å². The van der Waals surface area contributed by atoms with Gasteiger partial charge in [-0.1, -0.05) is 84.9 Å². The summed E-state index contributed by atoms with van der Waals surface area (Å²) in [5, 5.41) is 11.3. The molecule has 3 heterocycles. The molecule has 4 fully saturated rings. The van der Waals surface area contributed by atoms with Crippen molar-refractivity contribution in [3.63, 3.8) is 0 Å². The minimum absolute atomic E-state index is 0.597. The van der Waals surface area contributed by atoms with Gasteiger partial charge in [-0.05, 0) is 191 Å². The fourth-order valence-electron chi connectivity index (χ4n) is 15.6.